The van der Waals surface area contributed by atoms with Crippen molar-refractivity contribution in [2.45, 2.75) is 26.2 Å². The van der Waals surface area contributed by atoms with Gasteiger partial charge in [0.1, 0.15) is 0 Å². The number of halogens is 1. The highest BCUT2D eigenvalue weighted by Gasteiger charge is 2.27. The number of hydrogen-bond donors (Lipinski definition) is 1. The van der Waals surface area contributed by atoms with E-state index in [0.717, 1.165) is 0 Å². The monoisotopic (exact) mass is 366 g/mol. The molecule has 1 aliphatic rings. The summed E-state index contributed by atoms with van der Waals surface area (Å²) in [6.07, 6.45) is 1.47. The average molecular weight is 367 g/mol. The third-order valence-corrected chi connectivity index (χ3v) is 4.54. The van der Waals surface area contributed by atoms with Gasteiger partial charge in [0.05, 0.1) is 23.1 Å². The van der Waals surface area contributed by atoms with Crippen molar-refractivity contribution in [1.29, 1.82) is 0 Å². The van der Waals surface area contributed by atoms with Crippen molar-refractivity contribution in [2.24, 2.45) is 5.92 Å². The number of nitrogens with zero attached hydrogens (tertiary/aromatic N) is 1. The molecule has 0 saturated carbocycles. The molecule has 0 aromatic heterocycles. The van der Waals surface area contributed by atoms with E-state index in [-0.39, 0.29) is 36.7 Å². The molecule has 0 aliphatic carbocycles. The van der Waals surface area contributed by atoms with E-state index in [1.54, 1.807) is 36.1 Å². The predicted molar refractivity (Wildman–Crippen MR) is 94.3 cm³/mol. The van der Waals surface area contributed by atoms with Crippen LogP contribution in [0.5, 0.6) is 0 Å². The number of rotatable bonds is 6. The zero-order valence-corrected chi connectivity index (χ0v) is 15.1. The molecule has 0 bridgehead atoms. The van der Waals surface area contributed by atoms with Crippen LogP contribution in [0.2, 0.25) is 5.02 Å². The van der Waals surface area contributed by atoms with Crippen molar-refractivity contribution >= 4 is 29.4 Å². The van der Waals surface area contributed by atoms with Gasteiger partial charge in [0, 0.05) is 26.1 Å². The second-order valence-electron chi connectivity index (χ2n) is 5.89. The number of amides is 2. The molecule has 0 spiro atoms. The van der Waals surface area contributed by atoms with Gasteiger partial charge in [-0.15, -0.1) is 0 Å². The van der Waals surface area contributed by atoms with Gasteiger partial charge >= 0.3 is 5.97 Å². The summed E-state index contributed by atoms with van der Waals surface area (Å²) in [6.45, 7) is 3.50. The molecule has 1 heterocycles. The van der Waals surface area contributed by atoms with Crippen molar-refractivity contribution in [3.63, 3.8) is 0 Å². The van der Waals surface area contributed by atoms with E-state index in [4.69, 9.17) is 16.3 Å². The second kappa shape index (κ2) is 9.42. The first-order valence-corrected chi connectivity index (χ1v) is 8.87. The Hall–Kier alpha value is -2.08. The number of carbonyl (C=O) groups is 3. The highest BCUT2D eigenvalue weighted by Crippen LogP contribution is 2.19. The summed E-state index contributed by atoms with van der Waals surface area (Å²) in [5.41, 5.74) is 0.395. The molecule has 0 unspecified atom stereocenters. The summed E-state index contributed by atoms with van der Waals surface area (Å²) in [7, 11) is 0. The molecule has 136 valence electrons. The van der Waals surface area contributed by atoms with Crippen LogP contribution in [0.25, 0.3) is 0 Å². The van der Waals surface area contributed by atoms with Crippen LogP contribution in [0.4, 0.5) is 0 Å². The van der Waals surface area contributed by atoms with Gasteiger partial charge in [-0.1, -0.05) is 23.7 Å². The minimum absolute atomic E-state index is 0.0261. The van der Waals surface area contributed by atoms with E-state index in [1.807, 2.05) is 0 Å². The maximum absolute atomic E-state index is 12.2. The summed E-state index contributed by atoms with van der Waals surface area (Å²) in [4.78, 5) is 37.7. The Bertz CT molecular complexity index is 627. The zero-order chi connectivity index (χ0) is 18.2. The average Bonchev–Trinajstić information content (AvgIpc) is 2.62. The van der Waals surface area contributed by atoms with Gasteiger partial charge in [0.25, 0.3) is 5.91 Å². The smallest absolute Gasteiger partial charge is 0.309 e. The van der Waals surface area contributed by atoms with Crippen LogP contribution < -0.4 is 5.32 Å². The van der Waals surface area contributed by atoms with E-state index < -0.39 is 0 Å². The Morgan fingerprint density at radius 3 is 2.56 bits per heavy atom. The van der Waals surface area contributed by atoms with Gasteiger partial charge < -0.3 is 15.0 Å². The fourth-order valence-corrected chi connectivity index (χ4v) is 3.03. The fraction of sp³-hybridized carbons (Fsp3) is 0.500. The SMILES string of the molecule is CCOC(=O)C1CCN(C(=O)CCNC(=O)c2ccccc2Cl)CC1. The highest BCUT2D eigenvalue weighted by molar-refractivity contribution is 6.33. The van der Waals surface area contributed by atoms with Crippen molar-refractivity contribution in [1.82, 2.24) is 10.2 Å². The summed E-state index contributed by atoms with van der Waals surface area (Å²) in [6, 6.07) is 6.77. The lowest BCUT2D eigenvalue weighted by Gasteiger charge is -2.31. The van der Waals surface area contributed by atoms with Crippen molar-refractivity contribution in [2.75, 3.05) is 26.2 Å². The third kappa shape index (κ3) is 5.46. The minimum Gasteiger partial charge on any atom is -0.466 e. The Morgan fingerprint density at radius 1 is 1.24 bits per heavy atom. The van der Waals surface area contributed by atoms with Gasteiger partial charge in [-0.25, -0.2) is 0 Å². The van der Waals surface area contributed by atoms with Crippen LogP contribution in [0.1, 0.15) is 36.5 Å². The largest absolute Gasteiger partial charge is 0.466 e. The summed E-state index contributed by atoms with van der Waals surface area (Å²) < 4.78 is 5.02. The lowest BCUT2D eigenvalue weighted by molar-refractivity contribution is -0.151. The summed E-state index contributed by atoms with van der Waals surface area (Å²) >= 11 is 5.97. The number of hydrogen-bond acceptors (Lipinski definition) is 4. The van der Waals surface area contributed by atoms with Crippen LogP contribution in [-0.2, 0) is 14.3 Å². The normalized spacial score (nSPS) is 14.9. The van der Waals surface area contributed by atoms with Crippen molar-refractivity contribution < 1.29 is 19.1 Å². The van der Waals surface area contributed by atoms with Gasteiger partial charge in [-0.05, 0) is 31.9 Å². The van der Waals surface area contributed by atoms with Crippen LogP contribution in [0.3, 0.4) is 0 Å². The number of ether oxygens (including phenoxy) is 1. The Kier molecular flexibility index (Phi) is 7.25. The first-order chi connectivity index (χ1) is 12.0. The molecule has 2 rings (SSSR count). The van der Waals surface area contributed by atoms with E-state index in [9.17, 15) is 14.4 Å². The number of piperidine rings is 1. The molecule has 1 N–H and O–H groups in total. The first-order valence-electron chi connectivity index (χ1n) is 8.50. The van der Waals surface area contributed by atoms with E-state index in [0.29, 0.717) is 43.1 Å². The second-order valence-corrected chi connectivity index (χ2v) is 6.30. The molecule has 0 atom stereocenters. The topological polar surface area (TPSA) is 75.7 Å². The summed E-state index contributed by atoms with van der Waals surface area (Å²) in [5.74, 6) is -0.619. The maximum atomic E-state index is 12.2. The molecule has 1 aromatic carbocycles. The van der Waals surface area contributed by atoms with Crippen LogP contribution in [0.15, 0.2) is 24.3 Å². The number of esters is 1. The maximum Gasteiger partial charge on any atom is 0.309 e. The molecule has 25 heavy (non-hydrogen) atoms. The predicted octanol–water partition coefficient (Wildman–Crippen LogP) is 2.26. The number of carbonyl (C=O) groups excluding carboxylic acids is 3. The quantitative estimate of drug-likeness (QED) is 0.783. The molecule has 2 amide bonds. The molecule has 0 radical (unpaired) electrons. The molecular formula is C18H23ClN2O4. The number of likely N-dealkylation sites (tertiary alicyclic amines) is 1. The molecule has 1 fully saturated rings. The first kappa shape index (κ1) is 19.2. The highest BCUT2D eigenvalue weighted by atomic mass is 35.5. The Balaban J connectivity index is 1.72. The van der Waals surface area contributed by atoms with Gasteiger partial charge in [0.2, 0.25) is 5.91 Å². The Labute approximate surface area is 152 Å². The van der Waals surface area contributed by atoms with Gasteiger partial charge in [-0.2, -0.15) is 0 Å². The molecular weight excluding hydrogens is 344 g/mol. The fourth-order valence-electron chi connectivity index (χ4n) is 2.81. The number of nitrogens with one attached hydrogen (secondary N) is 1. The van der Waals surface area contributed by atoms with Gasteiger partial charge in [0.15, 0.2) is 0 Å². The minimum atomic E-state index is -0.292. The number of benzene rings is 1. The van der Waals surface area contributed by atoms with Crippen LogP contribution in [0, 0.1) is 5.92 Å². The molecule has 1 saturated heterocycles. The van der Waals surface area contributed by atoms with Crippen LogP contribution in [-0.4, -0.2) is 48.9 Å². The molecule has 6 nitrogen and oxygen atoms in total. The lowest BCUT2D eigenvalue weighted by Crippen LogP contribution is -2.41. The lowest BCUT2D eigenvalue weighted by atomic mass is 9.97. The van der Waals surface area contributed by atoms with E-state index in [2.05, 4.69) is 5.32 Å². The third-order valence-electron chi connectivity index (χ3n) is 4.21. The van der Waals surface area contributed by atoms with Gasteiger partial charge in [-0.3, -0.25) is 14.4 Å². The van der Waals surface area contributed by atoms with Crippen molar-refractivity contribution in [3.05, 3.63) is 34.9 Å². The molecule has 7 heteroatoms. The van der Waals surface area contributed by atoms with E-state index in [1.165, 1.54) is 0 Å². The van der Waals surface area contributed by atoms with Crippen LogP contribution >= 0.6 is 11.6 Å². The summed E-state index contributed by atoms with van der Waals surface area (Å²) in [5, 5.41) is 3.09. The van der Waals surface area contributed by atoms with Crippen molar-refractivity contribution in [3.8, 4) is 0 Å². The molecule has 1 aliphatic heterocycles. The Morgan fingerprint density at radius 2 is 1.92 bits per heavy atom. The van der Waals surface area contributed by atoms with E-state index >= 15 is 0 Å². The zero-order valence-electron chi connectivity index (χ0n) is 14.3. The molecule has 1 aromatic rings. The standard InChI is InChI=1S/C18H23ClN2O4/c1-2-25-18(24)13-8-11-21(12-9-13)16(22)7-10-20-17(23)14-5-3-4-6-15(14)19/h3-6,13H,2,7-12H2,1H3,(H,20,23).